The third-order valence-corrected chi connectivity index (χ3v) is 3.66. The van der Waals surface area contributed by atoms with Gasteiger partial charge in [-0.1, -0.05) is 44.2 Å². The molecule has 0 unspecified atom stereocenters. The maximum atomic E-state index is 12.7. The fourth-order valence-electron chi connectivity index (χ4n) is 2.50. The van der Waals surface area contributed by atoms with Crippen LogP contribution in [0.4, 0.5) is 4.79 Å². The van der Waals surface area contributed by atoms with E-state index in [0.717, 1.165) is 5.56 Å². The predicted octanol–water partition coefficient (Wildman–Crippen LogP) is 2.14. The Morgan fingerprint density at radius 3 is 2.11 bits per heavy atom. The van der Waals surface area contributed by atoms with Crippen LogP contribution >= 0.6 is 0 Å². The minimum Gasteiger partial charge on any atom is -0.444 e. The van der Waals surface area contributed by atoms with Crippen molar-refractivity contribution in [2.75, 3.05) is 0 Å². The zero-order valence-electron chi connectivity index (χ0n) is 16.7. The molecule has 0 aromatic heterocycles. The average molecular weight is 377 g/mol. The molecular formula is C20H31N3O4. The summed E-state index contributed by atoms with van der Waals surface area (Å²) in [4.78, 5) is 36.5. The second-order valence-corrected chi connectivity index (χ2v) is 7.98. The molecule has 4 N–H and O–H groups in total. The van der Waals surface area contributed by atoms with Crippen molar-refractivity contribution in [2.24, 2.45) is 11.7 Å². The summed E-state index contributed by atoms with van der Waals surface area (Å²) in [6.45, 7) is 9.10. The molecule has 3 amide bonds. The van der Waals surface area contributed by atoms with Gasteiger partial charge < -0.3 is 21.1 Å². The molecule has 1 aromatic rings. The molecule has 0 radical (unpaired) electrons. The van der Waals surface area contributed by atoms with Gasteiger partial charge in [-0.15, -0.1) is 0 Å². The maximum absolute atomic E-state index is 12.7. The molecule has 0 heterocycles. The van der Waals surface area contributed by atoms with Gasteiger partial charge in [0, 0.05) is 6.42 Å². The fraction of sp³-hybridized carbons (Fsp3) is 0.550. The smallest absolute Gasteiger partial charge is 0.408 e. The summed E-state index contributed by atoms with van der Waals surface area (Å²) >= 11 is 0. The van der Waals surface area contributed by atoms with Crippen molar-refractivity contribution < 1.29 is 19.1 Å². The van der Waals surface area contributed by atoms with Gasteiger partial charge in [0.1, 0.15) is 17.7 Å². The molecule has 0 aliphatic heterocycles. The molecule has 2 atom stereocenters. The topological polar surface area (TPSA) is 111 Å². The predicted molar refractivity (Wildman–Crippen MR) is 104 cm³/mol. The normalized spacial score (nSPS) is 13.6. The minimum absolute atomic E-state index is 0.150. The number of carbonyl (C=O) groups is 3. The van der Waals surface area contributed by atoms with E-state index in [1.165, 1.54) is 0 Å². The second-order valence-electron chi connectivity index (χ2n) is 7.98. The van der Waals surface area contributed by atoms with E-state index in [1.54, 1.807) is 20.8 Å². The minimum atomic E-state index is -0.866. The van der Waals surface area contributed by atoms with E-state index < -0.39 is 35.6 Å². The highest BCUT2D eigenvalue weighted by Gasteiger charge is 2.28. The van der Waals surface area contributed by atoms with Gasteiger partial charge in [-0.3, -0.25) is 9.59 Å². The van der Waals surface area contributed by atoms with Gasteiger partial charge >= 0.3 is 6.09 Å². The summed E-state index contributed by atoms with van der Waals surface area (Å²) < 4.78 is 5.23. The zero-order chi connectivity index (χ0) is 20.6. The van der Waals surface area contributed by atoms with Crippen molar-refractivity contribution in [1.82, 2.24) is 10.6 Å². The first-order chi connectivity index (χ1) is 12.5. The zero-order valence-corrected chi connectivity index (χ0v) is 16.7. The van der Waals surface area contributed by atoms with Gasteiger partial charge in [0.05, 0.1) is 0 Å². The highest BCUT2D eigenvalue weighted by atomic mass is 16.6. The maximum Gasteiger partial charge on any atom is 0.408 e. The van der Waals surface area contributed by atoms with Crippen LogP contribution in [-0.4, -0.2) is 35.6 Å². The largest absolute Gasteiger partial charge is 0.444 e. The van der Waals surface area contributed by atoms with Crippen LogP contribution in [0.15, 0.2) is 30.3 Å². The van der Waals surface area contributed by atoms with Gasteiger partial charge in [0.15, 0.2) is 0 Å². The highest BCUT2D eigenvalue weighted by molar-refractivity contribution is 5.90. The van der Waals surface area contributed by atoms with Crippen LogP contribution < -0.4 is 16.4 Å². The van der Waals surface area contributed by atoms with Gasteiger partial charge in [0.25, 0.3) is 0 Å². The lowest BCUT2D eigenvalue weighted by Crippen LogP contribution is -2.54. The van der Waals surface area contributed by atoms with Gasteiger partial charge in [-0.25, -0.2) is 4.79 Å². The van der Waals surface area contributed by atoms with E-state index in [1.807, 2.05) is 44.2 Å². The first kappa shape index (κ1) is 22.5. The van der Waals surface area contributed by atoms with Crippen LogP contribution in [0.1, 0.15) is 46.6 Å². The molecule has 0 fully saturated rings. The first-order valence-corrected chi connectivity index (χ1v) is 9.11. The molecule has 150 valence electrons. The highest BCUT2D eigenvalue weighted by Crippen LogP contribution is 2.10. The van der Waals surface area contributed by atoms with Crippen molar-refractivity contribution in [3.05, 3.63) is 35.9 Å². The Morgan fingerprint density at radius 1 is 1.04 bits per heavy atom. The molecule has 0 spiro atoms. The van der Waals surface area contributed by atoms with E-state index in [-0.39, 0.29) is 12.3 Å². The van der Waals surface area contributed by atoms with Gasteiger partial charge in [-0.05, 0) is 38.7 Å². The lowest BCUT2D eigenvalue weighted by atomic mass is 10.0. The van der Waals surface area contributed by atoms with Crippen molar-refractivity contribution in [3.8, 4) is 0 Å². The summed E-state index contributed by atoms with van der Waals surface area (Å²) in [7, 11) is 0. The molecule has 7 heteroatoms. The van der Waals surface area contributed by atoms with Crippen LogP contribution in [0.3, 0.4) is 0 Å². The Bertz CT molecular complexity index is 638. The van der Waals surface area contributed by atoms with E-state index in [2.05, 4.69) is 10.6 Å². The quantitative estimate of drug-likeness (QED) is 0.644. The Kier molecular flexibility index (Phi) is 8.28. The van der Waals surface area contributed by atoms with E-state index >= 15 is 0 Å². The van der Waals surface area contributed by atoms with Crippen molar-refractivity contribution in [1.29, 1.82) is 0 Å². The first-order valence-electron chi connectivity index (χ1n) is 9.11. The van der Waals surface area contributed by atoms with Gasteiger partial charge in [-0.2, -0.15) is 0 Å². The van der Waals surface area contributed by atoms with Crippen molar-refractivity contribution in [3.63, 3.8) is 0 Å². The summed E-state index contributed by atoms with van der Waals surface area (Å²) in [5.41, 5.74) is 5.66. The van der Waals surface area contributed by atoms with E-state index in [4.69, 9.17) is 10.5 Å². The Morgan fingerprint density at radius 2 is 1.63 bits per heavy atom. The number of amides is 3. The fourth-order valence-corrected chi connectivity index (χ4v) is 2.50. The lowest BCUT2D eigenvalue weighted by Gasteiger charge is -2.25. The third kappa shape index (κ3) is 9.08. The van der Waals surface area contributed by atoms with E-state index in [0.29, 0.717) is 6.42 Å². The lowest BCUT2D eigenvalue weighted by molar-refractivity contribution is -0.128. The van der Waals surface area contributed by atoms with E-state index in [9.17, 15) is 14.4 Å². The van der Waals surface area contributed by atoms with Gasteiger partial charge in [0.2, 0.25) is 11.8 Å². The standard InChI is InChI=1S/C20H31N3O4/c1-13(2)11-16(23-19(26)27-20(3,4)5)18(25)22-15(17(21)24)12-14-9-7-6-8-10-14/h6-10,13,15-16H,11-12H2,1-5H3,(H2,21,24)(H,22,25)(H,23,26)/t15-,16+/m1/s1. The summed E-state index contributed by atoms with van der Waals surface area (Å²) in [5.74, 6) is -0.945. The molecule has 0 bridgehead atoms. The monoisotopic (exact) mass is 377 g/mol. The molecule has 0 aliphatic rings. The molecule has 0 aliphatic carbocycles. The van der Waals surface area contributed by atoms with Crippen molar-refractivity contribution in [2.45, 2.75) is 65.1 Å². The summed E-state index contributed by atoms with van der Waals surface area (Å²) in [6, 6.07) is 7.58. The molecule has 1 rings (SSSR count). The number of nitrogens with two attached hydrogens (primary N) is 1. The molecular weight excluding hydrogens is 346 g/mol. The SMILES string of the molecule is CC(C)C[C@H](NC(=O)OC(C)(C)C)C(=O)N[C@H](Cc1ccccc1)C(N)=O. The summed E-state index contributed by atoms with van der Waals surface area (Å²) in [5, 5.41) is 5.24. The second kappa shape index (κ2) is 9.94. The van der Waals surface area contributed by atoms with Crippen LogP contribution in [-0.2, 0) is 20.7 Å². The number of carbonyl (C=O) groups excluding carboxylic acids is 3. The number of alkyl carbamates (subject to hydrolysis) is 1. The number of hydrogen-bond donors (Lipinski definition) is 3. The number of primary amides is 1. The van der Waals surface area contributed by atoms with Crippen molar-refractivity contribution >= 4 is 17.9 Å². The molecule has 1 aromatic carbocycles. The Hall–Kier alpha value is -2.57. The Labute approximate surface area is 161 Å². The Balaban J connectivity index is 2.82. The molecule has 27 heavy (non-hydrogen) atoms. The van der Waals surface area contributed by atoms with Crippen LogP contribution in [0.2, 0.25) is 0 Å². The molecule has 0 saturated heterocycles. The number of ether oxygens (including phenoxy) is 1. The number of rotatable bonds is 8. The molecule has 7 nitrogen and oxygen atoms in total. The number of hydrogen-bond acceptors (Lipinski definition) is 4. The number of benzene rings is 1. The average Bonchev–Trinajstić information content (AvgIpc) is 2.52. The van der Waals surface area contributed by atoms with Crippen LogP contribution in [0, 0.1) is 5.92 Å². The van der Waals surface area contributed by atoms with Crippen LogP contribution in [0.25, 0.3) is 0 Å². The van der Waals surface area contributed by atoms with Crippen LogP contribution in [0.5, 0.6) is 0 Å². The number of nitrogens with one attached hydrogen (secondary N) is 2. The summed E-state index contributed by atoms with van der Waals surface area (Å²) in [6.07, 6.45) is 0.00645. The molecule has 0 saturated carbocycles. The third-order valence-electron chi connectivity index (χ3n) is 3.66.